The third-order valence-electron chi connectivity index (χ3n) is 5.67. The third-order valence-corrected chi connectivity index (χ3v) is 5.67. The van der Waals surface area contributed by atoms with Gasteiger partial charge in [-0.05, 0) is 6.92 Å². The predicted molar refractivity (Wildman–Crippen MR) is 91.5 cm³/mol. The maximum atomic E-state index is 13.2. The van der Waals surface area contributed by atoms with E-state index >= 15 is 0 Å². The van der Waals surface area contributed by atoms with Gasteiger partial charge in [0.1, 0.15) is 11.7 Å². The zero-order valence-corrected chi connectivity index (χ0v) is 14.7. The first-order valence-electron chi connectivity index (χ1n) is 8.47. The molecule has 0 unspecified atom stereocenters. The molecule has 10 heteroatoms. The van der Waals surface area contributed by atoms with Gasteiger partial charge in [-0.1, -0.05) is 24.3 Å². The molecule has 1 aliphatic carbocycles. The molecule has 1 aromatic rings. The van der Waals surface area contributed by atoms with Gasteiger partial charge < -0.3 is 9.90 Å². The number of carbonyl (C=O) groups excluding carboxylic acids is 2. The minimum Gasteiger partial charge on any atom is -0.395 e. The van der Waals surface area contributed by atoms with Crippen molar-refractivity contribution < 1.29 is 24.5 Å². The van der Waals surface area contributed by atoms with Crippen LogP contribution in [0.2, 0.25) is 0 Å². The number of aliphatic hydroxyl groups is 1. The molecule has 1 N–H and O–H groups in total. The molecular formula is C17H19N3O7. The van der Waals surface area contributed by atoms with Crippen molar-refractivity contribution in [3.63, 3.8) is 0 Å². The standard InChI is InChI=1S/C17H19N3O7/c1-11(22)8-14-16(19(24)25)9-18(6-7-21)10-17(14,20(26)27)15(23)12-4-2-3-5-13(12)16/h2-5,14,21H,6-10H2,1H3/t14-,16+,17-/m0/s1. The fourth-order valence-corrected chi connectivity index (χ4v) is 4.62. The van der Waals surface area contributed by atoms with Gasteiger partial charge in [0.2, 0.25) is 5.78 Å². The molecule has 1 fully saturated rings. The summed E-state index contributed by atoms with van der Waals surface area (Å²) in [6.45, 7) is 0.176. The zero-order chi connectivity index (χ0) is 20.0. The Kier molecular flexibility index (Phi) is 4.56. The average Bonchev–Trinajstić information content (AvgIpc) is 2.60. The molecule has 144 valence electrons. The summed E-state index contributed by atoms with van der Waals surface area (Å²) >= 11 is 0. The number of β-amino-alcohol motifs (C(OH)–C–C–N with tert-alkyl or cyclic N) is 1. The highest BCUT2D eigenvalue weighted by molar-refractivity contribution is 6.06. The fraction of sp³-hybridized carbons (Fsp3) is 0.529. The molecular weight excluding hydrogens is 358 g/mol. The molecule has 0 amide bonds. The van der Waals surface area contributed by atoms with Crippen molar-refractivity contribution in [3.05, 3.63) is 55.6 Å². The van der Waals surface area contributed by atoms with Crippen molar-refractivity contribution in [2.45, 2.75) is 24.4 Å². The molecule has 2 bridgehead atoms. The Labute approximate surface area is 154 Å². The average molecular weight is 377 g/mol. The molecule has 3 atom stereocenters. The number of hydrogen-bond donors (Lipinski definition) is 1. The first kappa shape index (κ1) is 19.1. The van der Waals surface area contributed by atoms with E-state index in [2.05, 4.69) is 0 Å². The summed E-state index contributed by atoms with van der Waals surface area (Å²) in [6, 6.07) is 5.83. The minimum absolute atomic E-state index is 0.0469. The molecule has 27 heavy (non-hydrogen) atoms. The largest absolute Gasteiger partial charge is 0.395 e. The molecule has 10 nitrogen and oxygen atoms in total. The quantitative estimate of drug-likeness (QED) is 0.549. The van der Waals surface area contributed by atoms with Crippen LogP contribution in [0.3, 0.4) is 0 Å². The number of fused-ring (bicyclic) bond motifs is 4. The van der Waals surface area contributed by atoms with Gasteiger partial charge in [-0.3, -0.25) is 29.9 Å². The summed E-state index contributed by atoms with van der Waals surface area (Å²) < 4.78 is 0. The van der Waals surface area contributed by atoms with Crippen molar-refractivity contribution in [2.75, 3.05) is 26.2 Å². The van der Waals surface area contributed by atoms with Crippen LogP contribution in [0.4, 0.5) is 0 Å². The first-order chi connectivity index (χ1) is 12.7. The van der Waals surface area contributed by atoms with Crippen molar-refractivity contribution >= 4 is 11.6 Å². The first-order valence-corrected chi connectivity index (χ1v) is 8.47. The van der Waals surface area contributed by atoms with E-state index in [4.69, 9.17) is 0 Å². The summed E-state index contributed by atoms with van der Waals surface area (Å²) in [6.07, 6.45) is -0.449. The van der Waals surface area contributed by atoms with Gasteiger partial charge >= 0.3 is 5.54 Å². The number of likely N-dealkylation sites (tertiary alicyclic amines) is 1. The van der Waals surface area contributed by atoms with Gasteiger partial charge in [0.05, 0.1) is 19.7 Å². The van der Waals surface area contributed by atoms with Crippen molar-refractivity contribution in [1.29, 1.82) is 0 Å². The number of aliphatic hydroxyl groups excluding tert-OH is 1. The summed E-state index contributed by atoms with van der Waals surface area (Å²) in [7, 11) is 0. The molecule has 1 aromatic carbocycles. The molecule has 1 heterocycles. The lowest BCUT2D eigenvalue weighted by atomic mass is 9.56. The van der Waals surface area contributed by atoms with Gasteiger partial charge in [0.15, 0.2) is 0 Å². The highest BCUT2D eigenvalue weighted by atomic mass is 16.6. The van der Waals surface area contributed by atoms with E-state index in [1.807, 2.05) is 0 Å². The number of ketones is 2. The van der Waals surface area contributed by atoms with E-state index in [-0.39, 0.29) is 37.4 Å². The van der Waals surface area contributed by atoms with Crippen molar-refractivity contribution in [3.8, 4) is 0 Å². The second-order valence-corrected chi connectivity index (χ2v) is 7.13. The third kappa shape index (κ3) is 2.47. The van der Waals surface area contributed by atoms with E-state index in [1.165, 1.54) is 36.1 Å². The van der Waals surface area contributed by atoms with Gasteiger partial charge in [-0.25, -0.2) is 0 Å². The molecule has 0 aromatic heterocycles. The fourth-order valence-electron chi connectivity index (χ4n) is 4.62. The Morgan fingerprint density at radius 2 is 1.81 bits per heavy atom. The maximum absolute atomic E-state index is 13.2. The van der Waals surface area contributed by atoms with Crippen LogP contribution in [-0.2, 0) is 10.3 Å². The lowest BCUT2D eigenvalue weighted by molar-refractivity contribution is -0.640. The predicted octanol–water partition coefficient (Wildman–Crippen LogP) is 0.274. The number of rotatable bonds is 6. The van der Waals surface area contributed by atoms with Crippen LogP contribution >= 0.6 is 0 Å². The highest BCUT2D eigenvalue weighted by Crippen LogP contribution is 2.53. The number of nitrogens with zero attached hydrogens (tertiary/aromatic N) is 3. The summed E-state index contributed by atoms with van der Waals surface area (Å²) in [5.74, 6) is -2.69. The number of nitro groups is 2. The molecule has 1 aliphatic heterocycles. The topological polar surface area (TPSA) is 144 Å². The van der Waals surface area contributed by atoms with Crippen LogP contribution in [0, 0.1) is 26.1 Å². The smallest absolute Gasteiger partial charge is 0.306 e. The van der Waals surface area contributed by atoms with Crippen LogP contribution in [-0.4, -0.2) is 63.2 Å². The number of hydrogen-bond acceptors (Lipinski definition) is 8. The monoisotopic (exact) mass is 377 g/mol. The SMILES string of the molecule is CC(=O)C[C@@H]1[C@@]2([N+](=O)[O-])CN(CCO)C[C@@]1([N+](=O)[O-])c1ccccc1C2=O. The van der Waals surface area contributed by atoms with Crippen LogP contribution in [0.15, 0.2) is 24.3 Å². The van der Waals surface area contributed by atoms with Crippen molar-refractivity contribution in [1.82, 2.24) is 4.90 Å². The number of piperidine rings is 1. The van der Waals surface area contributed by atoms with Gasteiger partial charge in [-0.2, -0.15) is 0 Å². The lowest BCUT2D eigenvalue weighted by Gasteiger charge is -2.50. The Morgan fingerprint density at radius 3 is 2.37 bits per heavy atom. The summed E-state index contributed by atoms with van der Waals surface area (Å²) in [4.78, 5) is 49.6. The Morgan fingerprint density at radius 1 is 1.22 bits per heavy atom. The van der Waals surface area contributed by atoms with E-state index in [9.17, 15) is 34.9 Å². The number of Topliss-reactive ketones (excluding diaryl/α,β-unsaturated/α-hetero) is 2. The number of benzene rings is 1. The molecule has 0 saturated carbocycles. The lowest BCUT2D eigenvalue weighted by Crippen LogP contribution is -2.75. The van der Waals surface area contributed by atoms with Gasteiger partial charge in [-0.15, -0.1) is 0 Å². The minimum atomic E-state index is -2.32. The maximum Gasteiger partial charge on any atom is 0.306 e. The highest BCUT2D eigenvalue weighted by Gasteiger charge is 2.77. The summed E-state index contributed by atoms with van der Waals surface area (Å²) in [5, 5.41) is 33.8. The van der Waals surface area contributed by atoms with Crippen LogP contribution in [0.1, 0.15) is 29.3 Å². The van der Waals surface area contributed by atoms with Crippen LogP contribution < -0.4 is 0 Å². The summed E-state index contributed by atoms with van der Waals surface area (Å²) in [5.41, 5.74) is -4.27. The molecule has 3 rings (SSSR count). The Hall–Kier alpha value is -2.72. The Bertz CT molecular complexity index is 842. The Balaban J connectivity index is 2.39. The molecule has 0 spiro atoms. The van der Waals surface area contributed by atoms with Crippen LogP contribution in [0.5, 0.6) is 0 Å². The van der Waals surface area contributed by atoms with Crippen molar-refractivity contribution in [2.24, 2.45) is 5.92 Å². The van der Waals surface area contributed by atoms with E-state index in [1.54, 1.807) is 0 Å². The van der Waals surface area contributed by atoms with E-state index < -0.39 is 44.8 Å². The van der Waals surface area contributed by atoms with E-state index in [0.29, 0.717) is 0 Å². The second-order valence-electron chi connectivity index (χ2n) is 7.13. The molecule has 0 radical (unpaired) electrons. The van der Waals surface area contributed by atoms with E-state index in [0.717, 1.165) is 0 Å². The molecule has 2 aliphatic rings. The number of carbonyl (C=O) groups is 2. The molecule has 1 saturated heterocycles. The van der Waals surface area contributed by atoms with Gasteiger partial charge in [0.25, 0.3) is 5.54 Å². The normalized spacial score (nSPS) is 29.9. The van der Waals surface area contributed by atoms with Crippen LogP contribution in [0.25, 0.3) is 0 Å². The second kappa shape index (κ2) is 6.46. The van der Waals surface area contributed by atoms with Gasteiger partial charge in [0, 0.05) is 33.9 Å². The zero-order valence-electron chi connectivity index (χ0n) is 14.7.